The van der Waals surface area contributed by atoms with Crippen LogP contribution in [0, 0.1) is 0 Å². The van der Waals surface area contributed by atoms with Gasteiger partial charge < -0.3 is 14.5 Å². The van der Waals surface area contributed by atoms with Crippen molar-refractivity contribution in [3.63, 3.8) is 0 Å². The van der Waals surface area contributed by atoms with Crippen LogP contribution in [-0.4, -0.2) is 49.4 Å². The minimum absolute atomic E-state index is 0.0845. The van der Waals surface area contributed by atoms with Crippen molar-refractivity contribution in [1.29, 1.82) is 0 Å². The minimum atomic E-state index is -0.509. The molecule has 8 heteroatoms. The second-order valence-electron chi connectivity index (χ2n) is 6.98. The van der Waals surface area contributed by atoms with E-state index in [1.807, 2.05) is 0 Å². The summed E-state index contributed by atoms with van der Waals surface area (Å²) in [6, 6.07) is 12.0. The van der Waals surface area contributed by atoms with Gasteiger partial charge in [0.2, 0.25) is 5.91 Å². The SMILES string of the molecule is COC(=O)CN(CCc1ccc(Cl)cc1Cl)C(=O)c1ccc(N2CCCC2=O)cc1. The van der Waals surface area contributed by atoms with E-state index in [0.717, 1.165) is 17.7 Å². The summed E-state index contributed by atoms with van der Waals surface area (Å²) in [5.41, 5.74) is 2.02. The van der Waals surface area contributed by atoms with Crippen molar-refractivity contribution in [2.45, 2.75) is 19.3 Å². The van der Waals surface area contributed by atoms with Crippen molar-refractivity contribution in [3.05, 3.63) is 63.6 Å². The van der Waals surface area contributed by atoms with Crippen LogP contribution in [0.4, 0.5) is 5.69 Å². The molecule has 2 aromatic rings. The van der Waals surface area contributed by atoms with Crippen LogP contribution < -0.4 is 4.90 Å². The number of halogens is 2. The zero-order valence-corrected chi connectivity index (χ0v) is 18.1. The maximum atomic E-state index is 13.0. The van der Waals surface area contributed by atoms with E-state index >= 15 is 0 Å². The number of amides is 2. The number of ether oxygens (including phenoxy) is 1. The molecule has 0 spiro atoms. The van der Waals surface area contributed by atoms with Gasteiger partial charge in [-0.25, -0.2) is 0 Å². The van der Waals surface area contributed by atoms with Gasteiger partial charge in [0, 0.05) is 40.8 Å². The van der Waals surface area contributed by atoms with Gasteiger partial charge in [-0.3, -0.25) is 14.4 Å². The zero-order chi connectivity index (χ0) is 21.7. The van der Waals surface area contributed by atoms with E-state index in [2.05, 4.69) is 0 Å². The van der Waals surface area contributed by atoms with Crippen molar-refractivity contribution in [1.82, 2.24) is 4.90 Å². The Morgan fingerprint density at radius 3 is 2.47 bits per heavy atom. The molecule has 1 saturated heterocycles. The number of carbonyl (C=O) groups is 3. The first-order valence-corrected chi connectivity index (χ1v) is 10.3. The number of methoxy groups -OCH3 is 1. The molecule has 158 valence electrons. The molecular weight excluding hydrogens is 427 g/mol. The number of hydrogen-bond donors (Lipinski definition) is 0. The molecule has 0 bridgehead atoms. The lowest BCUT2D eigenvalue weighted by Crippen LogP contribution is -2.37. The summed E-state index contributed by atoms with van der Waals surface area (Å²) < 4.78 is 4.74. The van der Waals surface area contributed by atoms with E-state index in [-0.39, 0.29) is 24.9 Å². The lowest BCUT2D eigenvalue weighted by atomic mass is 10.1. The van der Waals surface area contributed by atoms with Gasteiger partial charge in [-0.1, -0.05) is 29.3 Å². The first-order valence-electron chi connectivity index (χ1n) is 9.59. The molecule has 1 heterocycles. The van der Waals surface area contributed by atoms with Crippen LogP contribution >= 0.6 is 23.2 Å². The van der Waals surface area contributed by atoms with Crippen molar-refractivity contribution in [2.75, 3.05) is 31.6 Å². The van der Waals surface area contributed by atoms with Crippen LogP contribution in [0.3, 0.4) is 0 Å². The predicted octanol–water partition coefficient (Wildman–Crippen LogP) is 3.98. The van der Waals surface area contributed by atoms with E-state index in [4.69, 9.17) is 27.9 Å². The van der Waals surface area contributed by atoms with Crippen molar-refractivity contribution in [3.8, 4) is 0 Å². The number of hydrogen-bond acceptors (Lipinski definition) is 4. The molecule has 0 atom stereocenters. The molecule has 0 saturated carbocycles. The molecule has 1 aliphatic heterocycles. The summed E-state index contributed by atoms with van der Waals surface area (Å²) in [4.78, 5) is 39.9. The van der Waals surface area contributed by atoms with Gasteiger partial charge in [-0.15, -0.1) is 0 Å². The first kappa shape index (κ1) is 22.1. The van der Waals surface area contributed by atoms with Crippen LogP contribution in [0.1, 0.15) is 28.8 Å². The second kappa shape index (κ2) is 9.96. The second-order valence-corrected chi connectivity index (χ2v) is 7.83. The summed E-state index contributed by atoms with van der Waals surface area (Å²) in [5, 5.41) is 1.04. The maximum Gasteiger partial charge on any atom is 0.325 e. The summed E-state index contributed by atoms with van der Waals surface area (Å²) >= 11 is 12.2. The first-order chi connectivity index (χ1) is 14.4. The molecule has 1 aliphatic rings. The lowest BCUT2D eigenvalue weighted by molar-refractivity contribution is -0.141. The normalized spacial score (nSPS) is 13.4. The van der Waals surface area contributed by atoms with Crippen molar-refractivity contribution in [2.24, 2.45) is 0 Å². The van der Waals surface area contributed by atoms with Gasteiger partial charge in [0.15, 0.2) is 0 Å². The number of esters is 1. The molecule has 0 aromatic heterocycles. The van der Waals surface area contributed by atoms with Gasteiger partial charge in [0.05, 0.1) is 7.11 Å². The monoisotopic (exact) mass is 448 g/mol. The number of rotatable bonds is 7. The predicted molar refractivity (Wildman–Crippen MR) is 116 cm³/mol. The Morgan fingerprint density at radius 1 is 1.13 bits per heavy atom. The van der Waals surface area contributed by atoms with E-state index in [1.54, 1.807) is 47.4 Å². The quantitative estimate of drug-likeness (QED) is 0.600. The molecule has 2 aromatic carbocycles. The van der Waals surface area contributed by atoms with Gasteiger partial charge in [0.1, 0.15) is 6.54 Å². The molecule has 6 nitrogen and oxygen atoms in total. The van der Waals surface area contributed by atoms with Crippen LogP contribution in [0.2, 0.25) is 10.0 Å². The zero-order valence-electron chi connectivity index (χ0n) is 16.6. The molecular formula is C22H22Cl2N2O4. The summed E-state index contributed by atoms with van der Waals surface area (Å²) in [6.07, 6.45) is 1.83. The average Bonchev–Trinajstić information content (AvgIpc) is 3.17. The van der Waals surface area contributed by atoms with Crippen molar-refractivity contribution < 1.29 is 19.1 Å². The smallest absolute Gasteiger partial charge is 0.325 e. The Morgan fingerprint density at radius 2 is 1.87 bits per heavy atom. The van der Waals surface area contributed by atoms with Gasteiger partial charge >= 0.3 is 5.97 Å². The molecule has 30 heavy (non-hydrogen) atoms. The Bertz CT molecular complexity index is 947. The summed E-state index contributed by atoms with van der Waals surface area (Å²) in [7, 11) is 1.28. The molecule has 1 fully saturated rings. The number of carbonyl (C=O) groups excluding carboxylic acids is 3. The molecule has 0 N–H and O–H groups in total. The number of benzene rings is 2. The largest absolute Gasteiger partial charge is 0.468 e. The third-order valence-electron chi connectivity index (χ3n) is 5.00. The minimum Gasteiger partial charge on any atom is -0.468 e. The highest BCUT2D eigenvalue weighted by molar-refractivity contribution is 6.35. The Hall–Kier alpha value is -2.57. The van der Waals surface area contributed by atoms with Gasteiger partial charge in [-0.05, 0) is 54.8 Å². The summed E-state index contributed by atoms with van der Waals surface area (Å²) in [5.74, 6) is -0.726. The Labute approximate surface area is 185 Å². The maximum absolute atomic E-state index is 13.0. The van der Waals surface area contributed by atoms with Crippen LogP contribution in [0.25, 0.3) is 0 Å². The van der Waals surface area contributed by atoms with Crippen LogP contribution in [0.15, 0.2) is 42.5 Å². The molecule has 2 amide bonds. The fraction of sp³-hybridized carbons (Fsp3) is 0.318. The molecule has 0 aliphatic carbocycles. The average molecular weight is 449 g/mol. The van der Waals surface area contributed by atoms with Gasteiger partial charge in [0.25, 0.3) is 5.91 Å². The third kappa shape index (κ3) is 5.32. The topological polar surface area (TPSA) is 66.9 Å². The fourth-order valence-electron chi connectivity index (χ4n) is 3.34. The van der Waals surface area contributed by atoms with E-state index in [1.165, 1.54) is 12.0 Å². The molecule has 0 radical (unpaired) electrons. The van der Waals surface area contributed by atoms with Gasteiger partial charge in [-0.2, -0.15) is 0 Å². The summed E-state index contributed by atoms with van der Waals surface area (Å²) in [6.45, 7) is 0.789. The highest BCUT2D eigenvalue weighted by Gasteiger charge is 2.23. The number of anilines is 1. The standard InChI is InChI=1S/C22H22Cl2N2O4/c1-30-21(28)14-25(12-10-15-4-7-17(23)13-19(15)24)22(29)16-5-8-18(9-6-16)26-11-2-3-20(26)27/h4-9,13H,2-3,10-12,14H2,1H3. The Balaban J connectivity index is 1.74. The van der Waals surface area contributed by atoms with E-state index in [9.17, 15) is 14.4 Å². The van der Waals surface area contributed by atoms with Crippen LogP contribution in [0.5, 0.6) is 0 Å². The van der Waals surface area contributed by atoms with E-state index < -0.39 is 5.97 Å². The molecule has 3 rings (SSSR count). The van der Waals surface area contributed by atoms with Crippen LogP contribution in [-0.2, 0) is 20.7 Å². The highest BCUT2D eigenvalue weighted by atomic mass is 35.5. The Kier molecular flexibility index (Phi) is 7.34. The van der Waals surface area contributed by atoms with E-state index in [0.29, 0.717) is 35.0 Å². The highest BCUT2D eigenvalue weighted by Crippen LogP contribution is 2.23. The third-order valence-corrected chi connectivity index (χ3v) is 5.59. The van der Waals surface area contributed by atoms with Crippen molar-refractivity contribution >= 4 is 46.7 Å². The fourth-order valence-corrected chi connectivity index (χ4v) is 3.84. The molecule has 0 unspecified atom stereocenters. The number of nitrogens with zero attached hydrogens (tertiary/aromatic N) is 2. The lowest BCUT2D eigenvalue weighted by Gasteiger charge is -2.22.